The molecule has 0 heterocycles. The molecule has 0 aliphatic heterocycles. The molecule has 0 aromatic heterocycles. The second-order valence-electron chi connectivity index (χ2n) is 5.33. The predicted molar refractivity (Wildman–Crippen MR) is 76.6 cm³/mol. The highest BCUT2D eigenvalue weighted by atomic mass is 35.5. The van der Waals surface area contributed by atoms with Crippen LogP contribution < -0.4 is 5.32 Å². The first-order valence-corrected chi connectivity index (χ1v) is 7.48. The number of amides is 1. The van der Waals surface area contributed by atoms with Gasteiger partial charge in [-0.3, -0.25) is 4.79 Å². The molecule has 0 bridgehead atoms. The van der Waals surface area contributed by atoms with Gasteiger partial charge in [-0.1, -0.05) is 12.8 Å². The zero-order valence-electron chi connectivity index (χ0n) is 11.2. The summed E-state index contributed by atoms with van der Waals surface area (Å²) in [6, 6.07) is 3.40. The van der Waals surface area contributed by atoms with Crippen molar-refractivity contribution in [3.8, 4) is 5.75 Å². The molecule has 1 amide bonds. The van der Waals surface area contributed by atoms with Crippen molar-refractivity contribution in [3.05, 3.63) is 29.6 Å². The monoisotopic (exact) mass is 299 g/mol. The van der Waals surface area contributed by atoms with E-state index in [-0.39, 0.29) is 17.2 Å². The van der Waals surface area contributed by atoms with Crippen molar-refractivity contribution >= 4 is 17.5 Å². The highest BCUT2D eigenvalue weighted by Gasteiger charge is 2.25. The van der Waals surface area contributed by atoms with Crippen molar-refractivity contribution in [2.24, 2.45) is 11.8 Å². The lowest BCUT2D eigenvalue weighted by molar-refractivity contribution is 0.0934. The topological polar surface area (TPSA) is 49.3 Å². The van der Waals surface area contributed by atoms with E-state index in [1.807, 2.05) is 0 Å². The van der Waals surface area contributed by atoms with Crippen molar-refractivity contribution in [1.29, 1.82) is 0 Å². The van der Waals surface area contributed by atoms with Crippen molar-refractivity contribution in [3.63, 3.8) is 0 Å². The normalized spacial score (nSPS) is 22.5. The van der Waals surface area contributed by atoms with E-state index in [0.29, 0.717) is 24.3 Å². The molecular formula is C15H19ClFNO2. The second-order valence-corrected chi connectivity index (χ2v) is 5.64. The molecule has 1 aromatic carbocycles. The van der Waals surface area contributed by atoms with Crippen molar-refractivity contribution < 1.29 is 14.3 Å². The summed E-state index contributed by atoms with van der Waals surface area (Å²) >= 11 is 5.96. The Kier molecular flexibility index (Phi) is 5.24. The molecule has 110 valence electrons. The maximum atomic E-state index is 12.9. The molecule has 20 heavy (non-hydrogen) atoms. The molecule has 2 rings (SSSR count). The number of carbonyl (C=O) groups is 1. The summed E-state index contributed by atoms with van der Waals surface area (Å²) in [4.78, 5) is 12.0. The summed E-state index contributed by atoms with van der Waals surface area (Å²) in [5.74, 6) is 0.165. The molecular weight excluding hydrogens is 281 g/mol. The molecule has 1 aliphatic rings. The highest BCUT2D eigenvalue weighted by molar-refractivity contribution is 6.18. The van der Waals surface area contributed by atoms with Crippen LogP contribution in [0.15, 0.2) is 18.2 Å². The first kappa shape index (κ1) is 15.1. The van der Waals surface area contributed by atoms with E-state index in [0.717, 1.165) is 31.4 Å². The molecule has 0 radical (unpaired) electrons. The molecule has 2 N–H and O–H groups in total. The Hall–Kier alpha value is -1.29. The lowest BCUT2D eigenvalue weighted by atomic mass is 9.80. The Morgan fingerprint density at radius 1 is 1.35 bits per heavy atom. The Morgan fingerprint density at radius 2 is 2.05 bits per heavy atom. The lowest BCUT2D eigenvalue weighted by Gasteiger charge is -2.30. The molecule has 0 saturated heterocycles. The van der Waals surface area contributed by atoms with Gasteiger partial charge in [0, 0.05) is 18.5 Å². The Labute approximate surface area is 123 Å². The van der Waals surface area contributed by atoms with Gasteiger partial charge in [-0.2, -0.15) is 0 Å². The number of phenols is 1. The third-order valence-corrected chi connectivity index (χ3v) is 4.39. The van der Waals surface area contributed by atoms with Crippen LogP contribution >= 0.6 is 11.6 Å². The molecule has 0 spiro atoms. The van der Waals surface area contributed by atoms with Crippen LogP contribution in [0.1, 0.15) is 36.0 Å². The molecule has 5 heteroatoms. The summed E-state index contributed by atoms with van der Waals surface area (Å²) in [7, 11) is 0. The number of hydrogen-bond donors (Lipinski definition) is 2. The maximum Gasteiger partial charge on any atom is 0.255 e. The zero-order chi connectivity index (χ0) is 14.5. The average molecular weight is 300 g/mol. The number of halogens is 2. The predicted octanol–water partition coefficient (Wildman–Crippen LogP) is 3.31. The number of benzene rings is 1. The molecule has 1 aromatic rings. The second kappa shape index (κ2) is 6.93. The molecule has 3 nitrogen and oxygen atoms in total. The molecule has 1 aliphatic carbocycles. The summed E-state index contributed by atoms with van der Waals surface area (Å²) in [6.45, 7) is 0.549. The Bertz CT molecular complexity index is 481. The van der Waals surface area contributed by atoms with Gasteiger partial charge in [0.1, 0.15) is 11.6 Å². The van der Waals surface area contributed by atoms with E-state index in [1.54, 1.807) is 0 Å². The molecule has 1 fully saturated rings. The van der Waals surface area contributed by atoms with E-state index in [4.69, 9.17) is 11.6 Å². The minimum atomic E-state index is -0.562. The smallest absolute Gasteiger partial charge is 0.255 e. The fraction of sp³-hybridized carbons (Fsp3) is 0.533. The molecule has 1 saturated carbocycles. The van der Waals surface area contributed by atoms with Gasteiger partial charge in [0.25, 0.3) is 5.91 Å². The molecule has 2 unspecified atom stereocenters. The van der Waals surface area contributed by atoms with Gasteiger partial charge in [-0.05, 0) is 36.8 Å². The van der Waals surface area contributed by atoms with Crippen LogP contribution in [-0.2, 0) is 0 Å². The summed E-state index contributed by atoms with van der Waals surface area (Å²) in [5, 5.41) is 12.4. The summed E-state index contributed by atoms with van der Waals surface area (Å²) in [5.41, 5.74) is 0.102. The SMILES string of the molecule is O=C(NCC1CCCCC1CCl)c1ccc(F)cc1O. The van der Waals surface area contributed by atoms with Gasteiger partial charge in [-0.25, -0.2) is 4.39 Å². The fourth-order valence-corrected chi connectivity index (χ4v) is 3.18. The van der Waals surface area contributed by atoms with Crippen molar-refractivity contribution in [1.82, 2.24) is 5.32 Å². The van der Waals surface area contributed by atoms with E-state index in [1.165, 1.54) is 12.5 Å². The minimum absolute atomic E-state index is 0.102. The van der Waals surface area contributed by atoms with Crippen LogP contribution in [0.2, 0.25) is 0 Å². The number of phenolic OH excluding ortho intramolecular Hbond substituents is 1. The van der Waals surface area contributed by atoms with E-state index in [2.05, 4.69) is 5.32 Å². The lowest BCUT2D eigenvalue weighted by Crippen LogP contribution is -2.34. The van der Waals surface area contributed by atoms with Gasteiger partial charge in [0.15, 0.2) is 0 Å². The maximum absolute atomic E-state index is 12.9. The Balaban J connectivity index is 1.94. The number of hydrogen-bond acceptors (Lipinski definition) is 2. The average Bonchev–Trinajstić information content (AvgIpc) is 2.45. The first-order valence-electron chi connectivity index (χ1n) is 6.94. The highest BCUT2D eigenvalue weighted by Crippen LogP contribution is 2.30. The zero-order valence-corrected chi connectivity index (χ0v) is 12.0. The van der Waals surface area contributed by atoms with Crippen LogP contribution in [0, 0.1) is 17.7 Å². The number of rotatable bonds is 4. The van der Waals surface area contributed by atoms with Crippen LogP contribution in [0.25, 0.3) is 0 Å². The van der Waals surface area contributed by atoms with Gasteiger partial charge in [-0.15, -0.1) is 11.6 Å². The van der Waals surface area contributed by atoms with Gasteiger partial charge in [0.05, 0.1) is 5.56 Å². The third kappa shape index (κ3) is 3.63. The van der Waals surface area contributed by atoms with Crippen molar-refractivity contribution in [2.75, 3.05) is 12.4 Å². The van der Waals surface area contributed by atoms with Crippen LogP contribution in [0.3, 0.4) is 0 Å². The quantitative estimate of drug-likeness (QED) is 0.838. The third-order valence-electron chi connectivity index (χ3n) is 3.99. The van der Waals surface area contributed by atoms with Crippen LogP contribution in [-0.4, -0.2) is 23.4 Å². The standard InChI is InChI=1S/C15H19ClFNO2/c16-8-10-3-1-2-4-11(10)9-18-15(20)13-6-5-12(17)7-14(13)19/h5-7,10-11,19H,1-4,8-9H2,(H,18,20). The molecule has 2 atom stereocenters. The summed E-state index contributed by atoms with van der Waals surface area (Å²) < 4.78 is 12.9. The van der Waals surface area contributed by atoms with E-state index in [9.17, 15) is 14.3 Å². The van der Waals surface area contributed by atoms with Crippen molar-refractivity contribution in [2.45, 2.75) is 25.7 Å². The van der Waals surface area contributed by atoms with E-state index < -0.39 is 5.82 Å². The van der Waals surface area contributed by atoms with Gasteiger partial charge >= 0.3 is 0 Å². The number of nitrogens with one attached hydrogen (secondary N) is 1. The fourth-order valence-electron chi connectivity index (χ4n) is 2.77. The first-order chi connectivity index (χ1) is 9.61. The van der Waals surface area contributed by atoms with Gasteiger partial charge < -0.3 is 10.4 Å². The number of aromatic hydroxyl groups is 1. The Morgan fingerprint density at radius 3 is 2.70 bits per heavy atom. The minimum Gasteiger partial charge on any atom is -0.507 e. The largest absolute Gasteiger partial charge is 0.507 e. The van der Waals surface area contributed by atoms with Crippen LogP contribution in [0.4, 0.5) is 4.39 Å². The summed E-state index contributed by atoms with van der Waals surface area (Å²) in [6.07, 6.45) is 4.52. The number of carbonyl (C=O) groups excluding carboxylic acids is 1. The van der Waals surface area contributed by atoms with Gasteiger partial charge in [0.2, 0.25) is 0 Å². The van der Waals surface area contributed by atoms with E-state index >= 15 is 0 Å². The van der Waals surface area contributed by atoms with Crippen LogP contribution in [0.5, 0.6) is 5.75 Å². The number of alkyl halides is 1.